The molecule has 0 aromatic rings. The van der Waals surface area contributed by atoms with Crippen molar-refractivity contribution in [3.8, 4) is 0 Å². The van der Waals surface area contributed by atoms with Gasteiger partial charge in [-0.05, 0) is 6.42 Å². The first-order valence-electron chi connectivity index (χ1n) is 6.40. The summed E-state index contributed by atoms with van der Waals surface area (Å²) in [4.78, 5) is 0. The Balaban J connectivity index is 4.78. The van der Waals surface area contributed by atoms with Gasteiger partial charge in [-0.15, -0.1) is 0 Å². The first kappa shape index (κ1) is 21.1. The summed E-state index contributed by atoms with van der Waals surface area (Å²) in [5.41, 5.74) is 0. The lowest BCUT2D eigenvalue weighted by atomic mass is 10.2. The lowest BCUT2D eigenvalue weighted by Gasteiger charge is -2.21. The number of allylic oxidation sites excluding steroid dienone is 1. The predicted octanol–water partition coefficient (Wildman–Crippen LogP) is 5.91. The van der Waals surface area contributed by atoms with Crippen LogP contribution < -0.4 is 0 Å². The van der Waals surface area contributed by atoms with Crippen molar-refractivity contribution >= 4 is 0 Å². The standard InChI is InChI=1S/C12H15F9O/c1-2-3-4-5-6-7-22-11(17,18)9(14)8(13)10(15,16)12(19,20)21/h2-7H2,1H3. The Labute approximate surface area is 121 Å². The molecule has 10 heteroatoms. The Morgan fingerprint density at radius 3 is 1.73 bits per heavy atom. The van der Waals surface area contributed by atoms with Crippen LogP contribution >= 0.6 is 0 Å². The SMILES string of the molecule is CCCCCCCOC(F)(F)C(F)=C(F)C(F)(F)C(F)(F)F. The Bertz CT molecular complexity index is 373. The second-order valence-corrected chi connectivity index (χ2v) is 4.48. The highest BCUT2D eigenvalue weighted by Crippen LogP contribution is 2.45. The van der Waals surface area contributed by atoms with Gasteiger partial charge >= 0.3 is 18.2 Å². The molecule has 0 bridgehead atoms. The van der Waals surface area contributed by atoms with E-state index in [2.05, 4.69) is 4.74 Å². The normalized spacial score (nSPS) is 15.0. The molecule has 0 rings (SSSR count). The van der Waals surface area contributed by atoms with E-state index in [0.717, 1.165) is 12.8 Å². The summed E-state index contributed by atoms with van der Waals surface area (Å²) in [6.45, 7) is 1.07. The Morgan fingerprint density at radius 2 is 1.27 bits per heavy atom. The van der Waals surface area contributed by atoms with Crippen molar-refractivity contribution in [1.82, 2.24) is 0 Å². The number of halogens is 9. The van der Waals surface area contributed by atoms with Crippen LogP contribution in [0.2, 0.25) is 0 Å². The zero-order chi connectivity index (χ0) is 17.6. The van der Waals surface area contributed by atoms with Crippen LogP contribution in [0.15, 0.2) is 11.7 Å². The van der Waals surface area contributed by atoms with Gasteiger partial charge in [-0.3, -0.25) is 0 Å². The van der Waals surface area contributed by atoms with Gasteiger partial charge in [0.1, 0.15) is 0 Å². The summed E-state index contributed by atoms with van der Waals surface area (Å²) in [6.07, 6.45) is -9.00. The van der Waals surface area contributed by atoms with Crippen LogP contribution in [-0.4, -0.2) is 24.8 Å². The molecule has 0 spiro atoms. The van der Waals surface area contributed by atoms with E-state index in [1.54, 1.807) is 0 Å². The molecule has 0 aromatic heterocycles. The third-order valence-corrected chi connectivity index (χ3v) is 2.61. The van der Waals surface area contributed by atoms with Gasteiger partial charge in [0.25, 0.3) is 0 Å². The molecule has 0 unspecified atom stereocenters. The average molecular weight is 346 g/mol. The molecule has 0 aliphatic heterocycles. The molecule has 0 aliphatic rings. The first-order valence-corrected chi connectivity index (χ1v) is 6.40. The largest absolute Gasteiger partial charge is 0.460 e. The van der Waals surface area contributed by atoms with Crippen molar-refractivity contribution in [2.45, 2.75) is 57.2 Å². The summed E-state index contributed by atoms with van der Waals surface area (Å²) < 4.78 is 115. The molecule has 0 heterocycles. The molecule has 0 atom stereocenters. The van der Waals surface area contributed by atoms with E-state index in [9.17, 15) is 39.5 Å². The van der Waals surface area contributed by atoms with Crippen molar-refractivity contribution in [3.63, 3.8) is 0 Å². The molecule has 0 amide bonds. The zero-order valence-electron chi connectivity index (χ0n) is 11.6. The van der Waals surface area contributed by atoms with Crippen LogP contribution in [-0.2, 0) is 4.74 Å². The number of hydrogen-bond donors (Lipinski definition) is 0. The average Bonchev–Trinajstić information content (AvgIpc) is 2.39. The van der Waals surface area contributed by atoms with Crippen molar-refractivity contribution in [1.29, 1.82) is 0 Å². The van der Waals surface area contributed by atoms with E-state index in [1.807, 2.05) is 6.92 Å². The van der Waals surface area contributed by atoms with Gasteiger partial charge in [0.15, 0.2) is 0 Å². The molecular weight excluding hydrogens is 331 g/mol. The quantitative estimate of drug-likeness (QED) is 0.372. The number of ether oxygens (including phenoxy) is 1. The molecule has 132 valence electrons. The molecule has 1 nitrogen and oxygen atoms in total. The van der Waals surface area contributed by atoms with Gasteiger partial charge in [-0.2, -0.15) is 35.1 Å². The second-order valence-electron chi connectivity index (χ2n) is 4.48. The first-order chi connectivity index (χ1) is 9.88. The molecular formula is C12H15F9O. The maximum absolute atomic E-state index is 13.0. The highest BCUT2D eigenvalue weighted by Gasteiger charge is 2.64. The van der Waals surface area contributed by atoms with Gasteiger partial charge in [-0.25, -0.2) is 4.39 Å². The maximum atomic E-state index is 13.0. The highest BCUT2D eigenvalue weighted by molar-refractivity contribution is 5.16. The summed E-state index contributed by atoms with van der Waals surface area (Å²) in [5.74, 6) is -13.8. The van der Waals surface area contributed by atoms with Crippen LogP contribution in [0.1, 0.15) is 39.0 Å². The molecule has 0 radical (unpaired) electrons. The van der Waals surface area contributed by atoms with E-state index >= 15 is 0 Å². The van der Waals surface area contributed by atoms with E-state index in [1.165, 1.54) is 0 Å². The molecule has 0 saturated carbocycles. The number of alkyl halides is 7. The van der Waals surface area contributed by atoms with Crippen molar-refractivity contribution in [2.24, 2.45) is 0 Å². The van der Waals surface area contributed by atoms with Gasteiger partial charge in [0, 0.05) is 0 Å². The number of hydrogen-bond acceptors (Lipinski definition) is 1. The van der Waals surface area contributed by atoms with Crippen molar-refractivity contribution in [3.05, 3.63) is 11.7 Å². The third kappa shape index (κ3) is 5.69. The Morgan fingerprint density at radius 1 is 0.773 bits per heavy atom. The lowest BCUT2D eigenvalue weighted by Crippen LogP contribution is -2.39. The molecule has 0 N–H and O–H groups in total. The molecule has 0 saturated heterocycles. The number of rotatable bonds is 9. The fourth-order valence-corrected chi connectivity index (χ4v) is 1.36. The topological polar surface area (TPSA) is 9.23 Å². The lowest BCUT2D eigenvalue weighted by molar-refractivity contribution is -0.276. The molecule has 0 aliphatic carbocycles. The van der Waals surface area contributed by atoms with Crippen LogP contribution in [0.4, 0.5) is 39.5 Å². The molecule has 22 heavy (non-hydrogen) atoms. The van der Waals surface area contributed by atoms with E-state index in [0.29, 0.717) is 12.8 Å². The van der Waals surface area contributed by atoms with Crippen molar-refractivity contribution in [2.75, 3.05) is 6.61 Å². The maximum Gasteiger partial charge on any atom is 0.460 e. The predicted molar refractivity (Wildman–Crippen MR) is 59.9 cm³/mol. The van der Waals surface area contributed by atoms with Crippen LogP contribution in [0.3, 0.4) is 0 Å². The van der Waals surface area contributed by atoms with Crippen LogP contribution in [0.5, 0.6) is 0 Å². The van der Waals surface area contributed by atoms with Crippen LogP contribution in [0.25, 0.3) is 0 Å². The zero-order valence-corrected chi connectivity index (χ0v) is 11.6. The summed E-state index contributed by atoms with van der Waals surface area (Å²) in [7, 11) is 0. The Kier molecular flexibility index (Phi) is 7.73. The molecule has 0 aromatic carbocycles. The fraction of sp³-hybridized carbons (Fsp3) is 0.833. The van der Waals surface area contributed by atoms with E-state index in [-0.39, 0.29) is 6.42 Å². The summed E-state index contributed by atoms with van der Waals surface area (Å²) in [6, 6.07) is 0. The van der Waals surface area contributed by atoms with Crippen molar-refractivity contribution < 1.29 is 44.3 Å². The van der Waals surface area contributed by atoms with Gasteiger partial charge in [0.05, 0.1) is 6.61 Å². The minimum absolute atomic E-state index is 0.000152. The second kappa shape index (κ2) is 8.07. The minimum atomic E-state index is -6.54. The van der Waals surface area contributed by atoms with Crippen LogP contribution in [0, 0.1) is 0 Å². The fourth-order valence-electron chi connectivity index (χ4n) is 1.36. The Hall–Kier alpha value is -0.930. The molecule has 0 fully saturated rings. The van der Waals surface area contributed by atoms with Gasteiger partial charge in [-0.1, -0.05) is 32.6 Å². The van der Waals surface area contributed by atoms with E-state index < -0.39 is 36.5 Å². The summed E-state index contributed by atoms with van der Waals surface area (Å²) >= 11 is 0. The highest BCUT2D eigenvalue weighted by atomic mass is 19.4. The van der Waals surface area contributed by atoms with Gasteiger partial charge < -0.3 is 4.74 Å². The smallest absolute Gasteiger partial charge is 0.315 e. The summed E-state index contributed by atoms with van der Waals surface area (Å²) in [5, 5.41) is 0. The monoisotopic (exact) mass is 346 g/mol. The van der Waals surface area contributed by atoms with E-state index in [4.69, 9.17) is 0 Å². The van der Waals surface area contributed by atoms with Gasteiger partial charge in [0.2, 0.25) is 11.7 Å². The number of unbranched alkanes of at least 4 members (excludes halogenated alkanes) is 4. The minimum Gasteiger partial charge on any atom is -0.315 e. The third-order valence-electron chi connectivity index (χ3n) is 2.61.